The van der Waals surface area contributed by atoms with Crippen LogP contribution >= 0.6 is 24.0 Å². The van der Waals surface area contributed by atoms with Crippen LogP contribution in [0.25, 0.3) is 0 Å². The van der Waals surface area contributed by atoms with Gasteiger partial charge >= 0.3 is 0 Å². The third-order valence-corrected chi connectivity index (χ3v) is 3.95. The van der Waals surface area contributed by atoms with Crippen molar-refractivity contribution in [1.29, 1.82) is 0 Å². The fourth-order valence-corrected chi connectivity index (χ4v) is 2.54. The number of aliphatic hydroxyl groups is 1. The summed E-state index contributed by atoms with van der Waals surface area (Å²) in [5, 5.41) is 16.8. The molecule has 2 rings (SSSR count). The Morgan fingerprint density at radius 3 is 2.43 bits per heavy atom. The van der Waals surface area contributed by atoms with Gasteiger partial charge in [0.25, 0.3) is 0 Å². The highest BCUT2D eigenvalue weighted by Gasteiger charge is 2.09. The van der Waals surface area contributed by atoms with Gasteiger partial charge < -0.3 is 25.2 Å². The van der Waals surface area contributed by atoms with Crippen LogP contribution in [0.1, 0.15) is 31.1 Å². The van der Waals surface area contributed by atoms with Gasteiger partial charge in [-0.3, -0.25) is 0 Å². The summed E-state index contributed by atoms with van der Waals surface area (Å²) in [6, 6.07) is 13.4. The van der Waals surface area contributed by atoms with Crippen LogP contribution in [0.15, 0.2) is 47.5 Å². The van der Waals surface area contributed by atoms with Crippen molar-refractivity contribution < 1.29 is 14.6 Å². The van der Waals surface area contributed by atoms with Gasteiger partial charge in [0.15, 0.2) is 17.5 Å². The van der Waals surface area contributed by atoms with Crippen molar-refractivity contribution in [1.82, 2.24) is 5.32 Å². The molecule has 0 aliphatic carbocycles. The minimum absolute atomic E-state index is 0. The summed E-state index contributed by atoms with van der Waals surface area (Å²) in [5.41, 5.74) is 2.83. The van der Waals surface area contributed by atoms with Gasteiger partial charge in [-0.2, -0.15) is 0 Å². The fraction of sp³-hybridized carbons (Fsp3) is 0.381. The third kappa shape index (κ3) is 7.20. The number of aliphatic hydroxyl groups excluding tert-OH is 1. The van der Waals surface area contributed by atoms with E-state index in [0.29, 0.717) is 30.6 Å². The molecular weight excluding hydrogens is 469 g/mol. The average Bonchev–Trinajstić information content (AvgIpc) is 2.67. The molecule has 0 saturated carbocycles. The second-order valence-electron chi connectivity index (χ2n) is 6.07. The van der Waals surface area contributed by atoms with E-state index in [2.05, 4.69) is 15.6 Å². The molecule has 7 heteroatoms. The molecule has 0 amide bonds. The Bertz CT molecular complexity index is 751. The fourth-order valence-electron chi connectivity index (χ4n) is 2.54. The van der Waals surface area contributed by atoms with Crippen molar-refractivity contribution in [2.75, 3.05) is 32.1 Å². The summed E-state index contributed by atoms with van der Waals surface area (Å²) in [6.07, 6.45) is -0.657. The number of nitrogens with zero attached hydrogens (tertiary/aromatic N) is 1. The number of anilines is 1. The van der Waals surface area contributed by atoms with Crippen LogP contribution in [0.4, 0.5) is 5.69 Å². The van der Waals surface area contributed by atoms with Gasteiger partial charge in [0, 0.05) is 18.3 Å². The lowest BCUT2D eigenvalue weighted by atomic mass is 10.1. The van der Waals surface area contributed by atoms with Crippen molar-refractivity contribution in [2.24, 2.45) is 4.99 Å². The molecule has 2 aromatic carbocycles. The normalized spacial score (nSPS) is 12.0. The molecule has 0 heterocycles. The molecule has 0 fully saturated rings. The molecule has 28 heavy (non-hydrogen) atoms. The van der Waals surface area contributed by atoms with E-state index in [1.165, 1.54) is 0 Å². The van der Waals surface area contributed by atoms with Crippen LogP contribution in [-0.2, 0) is 0 Å². The highest BCUT2D eigenvalue weighted by Crippen LogP contribution is 2.30. The SMILES string of the molecule is CCNC(=NCC(O)c1ccc(C)cc1)Nc1ccc(OC)c(OCC)c1.I. The minimum Gasteiger partial charge on any atom is -0.493 e. The predicted octanol–water partition coefficient (Wildman–Crippen LogP) is 4.13. The molecule has 1 unspecified atom stereocenters. The Morgan fingerprint density at radius 1 is 1.11 bits per heavy atom. The molecule has 154 valence electrons. The lowest BCUT2D eigenvalue weighted by Crippen LogP contribution is -2.31. The Labute approximate surface area is 184 Å². The minimum atomic E-state index is -0.657. The van der Waals surface area contributed by atoms with Crippen LogP contribution in [-0.4, -0.2) is 37.9 Å². The molecule has 1 atom stereocenters. The zero-order valence-electron chi connectivity index (χ0n) is 16.9. The second-order valence-corrected chi connectivity index (χ2v) is 6.07. The molecule has 0 aliphatic heterocycles. The van der Waals surface area contributed by atoms with Gasteiger partial charge in [-0.1, -0.05) is 29.8 Å². The largest absolute Gasteiger partial charge is 0.493 e. The zero-order chi connectivity index (χ0) is 19.6. The number of methoxy groups -OCH3 is 1. The van der Waals surface area contributed by atoms with E-state index in [1.54, 1.807) is 7.11 Å². The van der Waals surface area contributed by atoms with Crippen molar-refractivity contribution >= 4 is 35.6 Å². The van der Waals surface area contributed by atoms with E-state index in [-0.39, 0.29) is 30.5 Å². The summed E-state index contributed by atoms with van der Waals surface area (Å²) >= 11 is 0. The predicted molar refractivity (Wildman–Crippen MR) is 125 cm³/mol. The number of rotatable bonds is 8. The monoisotopic (exact) mass is 499 g/mol. The standard InChI is InChI=1S/C21H29N3O3.HI/c1-5-22-21(23-14-18(25)16-9-7-15(3)8-10-16)24-17-11-12-19(26-4)20(13-17)27-6-2;/h7-13,18,25H,5-6,14H2,1-4H3,(H2,22,23,24);1H. The van der Waals surface area contributed by atoms with E-state index < -0.39 is 6.10 Å². The molecule has 2 aromatic rings. The van der Waals surface area contributed by atoms with Crippen molar-refractivity contribution in [3.63, 3.8) is 0 Å². The van der Waals surface area contributed by atoms with Crippen LogP contribution in [0.3, 0.4) is 0 Å². The van der Waals surface area contributed by atoms with E-state index >= 15 is 0 Å². The van der Waals surface area contributed by atoms with Gasteiger partial charge in [-0.15, -0.1) is 24.0 Å². The second kappa shape index (κ2) is 12.5. The summed E-state index contributed by atoms with van der Waals surface area (Å²) < 4.78 is 10.9. The molecular formula is C21H30IN3O3. The Balaban J connectivity index is 0.00000392. The number of hydrogen-bond acceptors (Lipinski definition) is 4. The van der Waals surface area contributed by atoms with E-state index in [1.807, 2.05) is 63.2 Å². The number of ether oxygens (including phenoxy) is 2. The van der Waals surface area contributed by atoms with Gasteiger partial charge in [0.05, 0.1) is 26.4 Å². The van der Waals surface area contributed by atoms with Gasteiger partial charge in [0.1, 0.15) is 0 Å². The number of guanidine groups is 1. The van der Waals surface area contributed by atoms with Crippen molar-refractivity contribution in [3.05, 3.63) is 53.6 Å². The van der Waals surface area contributed by atoms with E-state index in [0.717, 1.165) is 16.8 Å². The number of aryl methyl sites for hydroxylation is 1. The smallest absolute Gasteiger partial charge is 0.195 e. The Kier molecular flexibility index (Phi) is 10.7. The lowest BCUT2D eigenvalue weighted by molar-refractivity contribution is 0.187. The first-order valence-corrected chi connectivity index (χ1v) is 9.18. The van der Waals surface area contributed by atoms with Gasteiger partial charge in [-0.25, -0.2) is 4.99 Å². The maximum absolute atomic E-state index is 10.4. The first-order valence-electron chi connectivity index (χ1n) is 9.18. The molecule has 0 saturated heterocycles. The van der Waals surface area contributed by atoms with Gasteiger partial charge in [0.2, 0.25) is 0 Å². The van der Waals surface area contributed by atoms with Crippen molar-refractivity contribution in [2.45, 2.75) is 26.9 Å². The molecule has 0 aromatic heterocycles. The average molecular weight is 499 g/mol. The molecule has 3 N–H and O–H groups in total. The summed E-state index contributed by atoms with van der Waals surface area (Å²) in [7, 11) is 1.61. The zero-order valence-corrected chi connectivity index (χ0v) is 19.2. The maximum atomic E-state index is 10.4. The number of halogens is 1. The summed E-state index contributed by atoms with van der Waals surface area (Å²) in [4.78, 5) is 4.50. The number of hydrogen-bond donors (Lipinski definition) is 3. The van der Waals surface area contributed by atoms with Crippen LogP contribution in [0.5, 0.6) is 11.5 Å². The summed E-state index contributed by atoms with van der Waals surface area (Å²) in [6.45, 7) is 7.46. The number of aliphatic imine (C=N–C) groups is 1. The lowest BCUT2D eigenvalue weighted by Gasteiger charge is -2.15. The quantitative estimate of drug-likeness (QED) is 0.290. The third-order valence-electron chi connectivity index (χ3n) is 3.95. The van der Waals surface area contributed by atoms with E-state index in [9.17, 15) is 5.11 Å². The molecule has 6 nitrogen and oxygen atoms in total. The van der Waals surface area contributed by atoms with Crippen molar-refractivity contribution in [3.8, 4) is 11.5 Å². The first kappa shape index (κ1) is 24.0. The number of nitrogens with one attached hydrogen (secondary N) is 2. The first-order chi connectivity index (χ1) is 13.1. The summed E-state index contributed by atoms with van der Waals surface area (Å²) in [5.74, 6) is 1.94. The Morgan fingerprint density at radius 2 is 1.82 bits per heavy atom. The van der Waals surface area contributed by atoms with Crippen LogP contribution < -0.4 is 20.1 Å². The molecule has 0 bridgehead atoms. The Hall–Kier alpha value is -2.00. The highest BCUT2D eigenvalue weighted by molar-refractivity contribution is 14.0. The highest BCUT2D eigenvalue weighted by atomic mass is 127. The molecule has 0 radical (unpaired) electrons. The van der Waals surface area contributed by atoms with Crippen LogP contribution in [0, 0.1) is 6.92 Å². The van der Waals surface area contributed by atoms with E-state index in [4.69, 9.17) is 9.47 Å². The topological polar surface area (TPSA) is 75.1 Å². The molecule has 0 aliphatic rings. The maximum Gasteiger partial charge on any atom is 0.195 e. The number of benzene rings is 2. The van der Waals surface area contributed by atoms with Gasteiger partial charge in [-0.05, 0) is 38.5 Å². The van der Waals surface area contributed by atoms with Crippen LogP contribution in [0.2, 0.25) is 0 Å². The molecule has 0 spiro atoms.